The van der Waals surface area contributed by atoms with Crippen LogP contribution in [0.25, 0.3) is 0 Å². The molecule has 1 aromatic carbocycles. The van der Waals surface area contributed by atoms with Crippen LogP contribution in [0.15, 0.2) is 21.6 Å². The predicted octanol–water partition coefficient (Wildman–Crippen LogP) is 2.55. The third kappa shape index (κ3) is 5.47. The summed E-state index contributed by atoms with van der Waals surface area (Å²) in [7, 11) is 0. The molecule has 0 spiro atoms. The van der Waals surface area contributed by atoms with E-state index in [-0.39, 0.29) is 41.6 Å². The van der Waals surface area contributed by atoms with Crippen molar-refractivity contribution in [3.8, 4) is 23.8 Å². The topological polar surface area (TPSA) is 194 Å². The molecule has 13 heteroatoms. The molecule has 1 aliphatic heterocycles. The highest BCUT2D eigenvalue weighted by atomic mass is 79.9. The molecule has 0 amide bonds. The SMILES string of the molecule is CCOc1cc(C2N=C(NC#N)Nc3nc(N)c(C#N)c(N)c32)c(Br)cc1OCC(=O)OC(C)C. The van der Waals surface area contributed by atoms with Crippen LogP contribution < -0.4 is 31.6 Å². The number of guanidine groups is 1. The zero-order valence-electron chi connectivity index (χ0n) is 19.2. The third-order valence-corrected chi connectivity index (χ3v) is 5.41. The van der Waals surface area contributed by atoms with Gasteiger partial charge in [-0.25, -0.2) is 14.8 Å². The van der Waals surface area contributed by atoms with Crippen LogP contribution in [0.2, 0.25) is 0 Å². The van der Waals surface area contributed by atoms with Gasteiger partial charge in [0.25, 0.3) is 0 Å². The molecule has 0 aliphatic carbocycles. The van der Waals surface area contributed by atoms with Crippen molar-refractivity contribution >= 4 is 45.2 Å². The number of nitriles is 2. The molecular formula is C22H23BrN8O4. The minimum atomic E-state index is -0.796. The van der Waals surface area contributed by atoms with E-state index in [2.05, 4.69) is 36.5 Å². The molecule has 2 aromatic rings. The Balaban J connectivity index is 2.11. The maximum atomic E-state index is 11.9. The monoisotopic (exact) mass is 542 g/mol. The third-order valence-electron chi connectivity index (χ3n) is 4.73. The molecule has 3 rings (SSSR count). The lowest BCUT2D eigenvalue weighted by Gasteiger charge is -2.27. The van der Waals surface area contributed by atoms with Crippen LogP contribution in [0.5, 0.6) is 11.5 Å². The van der Waals surface area contributed by atoms with E-state index in [9.17, 15) is 10.1 Å². The number of ether oxygens (including phenoxy) is 3. The van der Waals surface area contributed by atoms with Crippen LogP contribution in [0.1, 0.15) is 43.5 Å². The van der Waals surface area contributed by atoms with E-state index in [4.69, 9.17) is 30.9 Å². The van der Waals surface area contributed by atoms with Crippen LogP contribution >= 0.6 is 15.9 Å². The molecule has 0 radical (unpaired) electrons. The van der Waals surface area contributed by atoms with E-state index >= 15 is 0 Å². The first-order valence-electron chi connectivity index (χ1n) is 10.5. The second-order valence-electron chi connectivity index (χ2n) is 7.48. The van der Waals surface area contributed by atoms with E-state index in [1.54, 1.807) is 39.1 Å². The highest BCUT2D eigenvalue weighted by Crippen LogP contribution is 2.45. The standard InChI is InChI=1S/C22H23BrN8O4/c1-4-33-14-5-11(13(23)6-15(14)34-8-16(32)35-10(2)3)19-17-18(26)12(7-24)20(27)30-21(17)31-22(29-19)28-9-25/h5-6,10,19H,4,8H2,1-3H3,(H6,26,27,28,29,30,31). The first-order chi connectivity index (χ1) is 16.7. The normalized spacial score (nSPS) is 14.0. The number of nitrogens with zero attached hydrogens (tertiary/aromatic N) is 4. The van der Waals surface area contributed by atoms with Gasteiger partial charge in [0.2, 0.25) is 5.96 Å². The molecule has 0 fully saturated rings. The Morgan fingerprint density at radius 3 is 2.63 bits per heavy atom. The van der Waals surface area contributed by atoms with Gasteiger partial charge in [-0.05, 0) is 38.5 Å². The van der Waals surface area contributed by atoms with Crippen molar-refractivity contribution in [3.05, 3.63) is 33.3 Å². The van der Waals surface area contributed by atoms with E-state index in [1.165, 1.54) is 0 Å². The summed E-state index contributed by atoms with van der Waals surface area (Å²) < 4.78 is 17.0. The second-order valence-corrected chi connectivity index (χ2v) is 8.34. The largest absolute Gasteiger partial charge is 0.490 e. The fourth-order valence-corrected chi connectivity index (χ4v) is 3.92. The highest BCUT2D eigenvalue weighted by molar-refractivity contribution is 9.10. The summed E-state index contributed by atoms with van der Waals surface area (Å²) >= 11 is 3.52. The number of nitrogens with two attached hydrogens (primary N) is 2. The summed E-state index contributed by atoms with van der Waals surface area (Å²) in [6.07, 6.45) is 1.53. The first-order valence-corrected chi connectivity index (χ1v) is 11.3. The Morgan fingerprint density at radius 2 is 2.00 bits per heavy atom. The number of carbonyl (C=O) groups excluding carboxylic acids is 1. The molecule has 12 nitrogen and oxygen atoms in total. The van der Waals surface area contributed by atoms with Crippen molar-refractivity contribution in [2.45, 2.75) is 32.9 Å². The number of hydrogen-bond acceptors (Lipinski definition) is 12. The van der Waals surface area contributed by atoms with Crippen molar-refractivity contribution in [2.75, 3.05) is 30.0 Å². The van der Waals surface area contributed by atoms with E-state index in [0.29, 0.717) is 33.7 Å². The fourth-order valence-electron chi connectivity index (χ4n) is 3.38. The second kappa shape index (κ2) is 10.8. The lowest BCUT2D eigenvalue weighted by atomic mass is 9.95. The molecule has 1 atom stereocenters. The summed E-state index contributed by atoms with van der Waals surface area (Å²) in [4.78, 5) is 20.7. The average Bonchev–Trinajstić information content (AvgIpc) is 2.78. The first kappa shape index (κ1) is 25.4. The Labute approximate surface area is 210 Å². The summed E-state index contributed by atoms with van der Waals surface area (Å²) in [6.45, 7) is 5.30. The van der Waals surface area contributed by atoms with Gasteiger partial charge in [-0.3, -0.25) is 5.32 Å². The van der Waals surface area contributed by atoms with Gasteiger partial charge in [0.05, 0.1) is 18.4 Å². The lowest BCUT2D eigenvalue weighted by molar-refractivity contribution is -0.149. The van der Waals surface area contributed by atoms with Gasteiger partial charge in [0, 0.05) is 10.0 Å². The fraction of sp³-hybridized carbons (Fsp3) is 0.318. The molecule has 35 heavy (non-hydrogen) atoms. The number of anilines is 3. The molecule has 1 unspecified atom stereocenters. The van der Waals surface area contributed by atoms with Crippen LogP contribution in [0.3, 0.4) is 0 Å². The number of aromatic nitrogens is 1. The number of nitrogens with one attached hydrogen (secondary N) is 2. The number of rotatable bonds is 7. The number of aliphatic imine (C=N–C) groups is 1. The Kier molecular flexibility index (Phi) is 7.83. The minimum absolute atomic E-state index is 0.0206. The Hall–Kier alpha value is -4.23. The summed E-state index contributed by atoms with van der Waals surface area (Å²) in [5.41, 5.74) is 13.3. The zero-order valence-corrected chi connectivity index (χ0v) is 20.8. The number of nitrogen functional groups attached to an aromatic ring is 2. The van der Waals surface area contributed by atoms with Crippen LogP contribution in [0.4, 0.5) is 17.3 Å². The molecule has 0 saturated carbocycles. The highest BCUT2D eigenvalue weighted by Gasteiger charge is 2.31. The number of fused-ring (bicyclic) bond motifs is 1. The molecule has 1 aliphatic rings. The van der Waals surface area contributed by atoms with Crippen LogP contribution in [-0.2, 0) is 9.53 Å². The number of pyridine rings is 1. The maximum Gasteiger partial charge on any atom is 0.344 e. The number of halogens is 1. The molecular weight excluding hydrogens is 520 g/mol. The van der Waals surface area contributed by atoms with Crippen molar-refractivity contribution in [1.82, 2.24) is 10.3 Å². The average molecular weight is 543 g/mol. The van der Waals surface area contributed by atoms with Gasteiger partial charge in [-0.2, -0.15) is 10.5 Å². The van der Waals surface area contributed by atoms with Crippen molar-refractivity contribution in [2.24, 2.45) is 4.99 Å². The predicted molar refractivity (Wildman–Crippen MR) is 131 cm³/mol. The van der Waals surface area contributed by atoms with E-state index in [1.807, 2.05) is 6.07 Å². The molecule has 0 bridgehead atoms. The van der Waals surface area contributed by atoms with Gasteiger partial charge < -0.3 is 31.0 Å². The number of carbonyl (C=O) groups is 1. The molecule has 0 saturated heterocycles. The summed E-state index contributed by atoms with van der Waals surface area (Å²) in [5, 5.41) is 23.9. The quantitative estimate of drug-likeness (QED) is 0.228. The van der Waals surface area contributed by atoms with Gasteiger partial charge >= 0.3 is 5.97 Å². The van der Waals surface area contributed by atoms with Crippen molar-refractivity contribution in [1.29, 1.82) is 10.5 Å². The molecule has 182 valence electrons. The maximum absolute atomic E-state index is 11.9. The van der Waals surface area contributed by atoms with Gasteiger partial charge in [0.15, 0.2) is 24.3 Å². The lowest BCUT2D eigenvalue weighted by Crippen LogP contribution is -2.32. The van der Waals surface area contributed by atoms with Crippen LogP contribution in [-0.4, -0.2) is 36.2 Å². The van der Waals surface area contributed by atoms with Gasteiger partial charge in [-0.15, -0.1) is 0 Å². The Bertz CT molecular complexity index is 1270. The van der Waals surface area contributed by atoms with Crippen molar-refractivity contribution < 1.29 is 19.0 Å². The smallest absolute Gasteiger partial charge is 0.344 e. The van der Waals surface area contributed by atoms with Crippen molar-refractivity contribution in [3.63, 3.8) is 0 Å². The summed E-state index contributed by atoms with van der Waals surface area (Å²) in [6, 6.07) is 4.47. The number of esters is 1. The number of benzene rings is 1. The molecule has 2 heterocycles. The molecule has 1 aromatic heterocycles. The zero-order chi connectivity index (χ0) is 25.7. The van der Waals surface area contributed by atoms with Gasteiger partial charge in [-0.1, -0.05) is 15.9 Å². The van der Waals surface area contributed by atoms with E-state index < -0.39 is 12.0 Å². The van der Waals surface area contributed by atoms with E-state index in [0.717, 1.165) is 0 Å². The minimum Gasteiger partial charge on any atom is -0.490 e. The van der Waals surface area contributed by atoms with Crippen LogP contribution in [0, 0.1) is 22.8 Å². The Morgan fingerprint density at radius 1 is 1.29 bits per heavy atom. The number of hydrogen-bond donors (Lipinski definition) is 4. The van der Waals surface area contributed by atoms with Gasteiger partial charge in [0.1, 0.15) is 29.3 Å². The molecule has 6 N–H and O–H groups in total. The summed E-state index contributed by atoms with van der Waals surface area (Å²) in [5.74, 6) is 0.431.